The second kappa shape index (κ2) is 11.7. The number of rotatable bonds is 10. The van der Waals surface area contributed by atoms with Crippen LogP contribution in [0.3, 0.4) is 0 Å². The molecule has 180 valence electrons. The van der Waals surface area contributed by atoms with Crippen LogP contribution in [0.1, 0.15) is 19.4 Å². The van der Waals surface area contributed by atoms with Gasteiger partial charge in [-0.2, -0.15) is 0 Å². The molecule has 2 amide bonds. The number of ether oxygens (including phenoxy) is 1. The Morgan fingerprint density at radius 3 is 2.36 bits per heavy atom. The fourth-order valence-corrected chi connectivity index (χ4v) is 4.42. The van der Waals surface area contributed by atoms with Crippen molar-refractivity contribution < 1.29 is 22.7 Å². The SMILES string of the molecule is CCNC(=O)[C@@H](C)N(Cc1ccc(Br)cc1)C(=O)CN(c1cc(Cl)ccc1OC)S(C)(=O)=O. The van der Waals surface area contributed by atoms with Crippen LogP contribution in [-0.4, -0.2) is 57.6 Å². The Balaban J connectivity index is 2.44. The number of nitrogens with zero attached hydrogens (tertiary/aromatic N) is 2. The Morgan fingerprint density at radius 2 is 1.82 bits per heavy atom. The molecule has 0 unspecified atom stereocenters. The lowest BCUT2D eigenvalue weighted by atomic mass is 10.1. The molecule has 0 fully saturated rings. The van der Waals surface area contributed by atoms with Gasteiger partial charge in [-0.25, -0.2) is 8.42 Å². The van der Waals surface area contributed by atoms with Gasteiger partial charge < -0.3 is 15.0 Å². The lowest BCUT2D eigenvalue weighted by Gasteiger charge is -2.31. The number of likely N-dealkylation sites (N-methyl/N-ethyl adjacent to an activating group) is 1. The average molecular weight is 561 g/mol. The van der Waals surface area contributed by atoms with Crippen LogP contribution in [-0.2, 0) is 26.2 Å². The van der Waals surface area contributed by atoms with Crippen LogP contribution < -0.4 is 14.4 Å². The fourth-order valence-electron chi connectivity index (χ4n) is 3.14. The molecule has 11 heteroatoms. The van der Waals surface area contributed by atoms with Gasteiger partial charge in [-0.15, -0.1) is 0 Å². The van der Waals surface area contributed by atoms with Gasteiger partial charge in [0.15, 0.2) is 0 Å². The fraction of sp³-hybridized carbons (Fsp3) is 0.364. The van der Waals surface area contributed by atoms with E-state index in [0.717, 1.165) is 20.6 Å². The largest absolute Gasteiger partial charge is 0.495 e. The van der Waals surface area contributed by atoms with Crippen molar-refractivity contribution in [2.75, 3.05) is 30.8 Å². The number of carbonyl (C=O) groups is 2. The van der Waals surface area contributed by atoms with Crippen LogP contribution in [0.5, 0.6) is 5.75 Å². The van der Waals surface area contributed by atoms with E-state index in [1.54, 1.807) is 19.9 Å². The predicted octanol–water partition coefficient (Wildman–Crippen LogP) is 3.43. The van der Waals surface area contributed by atoms with E-state index < -0.39 is 28.5 Å². The van der Waals surface area contributed by atoms with E-state index in [1.165, 1.54) is 24.1 Å². The Hall–Kier alpha value is -2.30. The number of methoxy groups -OCH3 is 1. The first-order chi connectivity index (χ1) is 15.5. The van der Waals surface area contributed by atoms with Crippen LogP contribution in [0, 0.1) is 0 Å². The Bertz CT molecular complexity index is 1100. The quantitative estimate of drug-likeness (QED) is 0.480. The average Bonchev–Trinajstić information content (AvgIpc) is 2.75. The normalized spacial score (nSPS) is 12.1. The topological polar surface area (TPSA) is 96.0 Å². The lowest BCUT2D eigenvalue weighted by Crippen LogP contribution is -2.51. The van der Waals surface area contributed by atoms with Crippen molar-refractivity contribution in [3.05, 3.63) is 57.5 Å². The maximum atomic E-state index is 13.4. The standard InChI is InChI=1S/C22H27BrClN3O5S/c1-5-25-22(29)15(2)26(13-16-6-8-17(23)9-7-16)21(28)14-27(33(4,30)31)19-12-18(24)10-11-20(19)32-3/h6-12,15H,5,13-14H2,1-4H3,(H,25,29)/t15-/m1/s1. The molecule has 1 N–H and O–H groups in total. The van der Waals surface area contributed by atoms with Crippen LogP contribution in [0.4, 0.5) is 5.69 Å². The molecule has 0 heterocycles. The van der Waals surface area contributed by atoms with Crippen molar-refractivity contribution in [3.63, 3.8) is 0 Å². The number of hydrogen-bond acceptors (Lipinski definition) is 5. The van der Waals surface area contributed by atoms with Crippen molar-refractivity contribution in [2.24, 2.45) is 0 Å². The molecule has 0 aliphatic carbocycles. The molecule has 0 saturated heterocycles. The molecule has 0 bridgehead atoms. The summed E-state index contributed by atoms with van der Waals surface area (Å²) in [4.78, 5) is 27.3. The van der Waals surface area contributed by atoms with Gasteiger partial charge in [-0.3, -0.25) is 13.9 Å². The summed E-state index contributed by atoms with van der Waals surface area (Å²) in [7, 11) is -2.50. The predicted molar refractivity (Wildman–Crippen MR) is 133 cm³/mol. The highest BCUT2D eigenvalue weighted by Gasteiger charge is 2.31. The van der Waals surface area contributed by atoms with Gasteiger partial charge in [0.2, 0.25) is 21.8 Å². The molecule has 1 atom stereocenters. The smallest absolute Gasteiger partial charge is 0.244 e. The number of carbonyl (C=O) groups excluding carboxylic acids is 2. The zero-order valence-electron chi connectivity index (χ0n) is 18.8. The summed E-state index contributed by atoms with van der Waals surface area (Å²) in [5, 5.41) is 2.99. The Labute approximate surface area is 208 Å². The van der Waals surface area contributed by atoms with Crippen molar-refractivity contribution in [2.45, 2.75) is 26.4 Å². The van der Waals surface area contributed by atoms with E-state index in [2.05, 4.69) is 21.2 Å². The van der Waals surface area contributed by atoms with Crippen molar-refractivity contribution >= 4 is 55.1 Å². The maximum absolute atomic E-state index is 13.4. The summed E-state index contributed by atoms with van der Waals surface area (Å²) < 4.78 is 32.4. The van der Waals surface area contributed by atoms with E-state index in [4.69, 9.17) is 16.3 Å². The molecule has 0 aliphatic rings. The molecule has 2 rings (SSSR count). The summed E-state index contributed by atoms with van der Waals surface area (Å²) in [6.45, 7) is 3.37. The lowest BCUT2D eigenvalue weighted by molar-refractivity contribution is -0.139. The Morgan fingerprint density at radius 1 is 1.18 bits per heavy atom. The second-order valence-electron chi connectivity index (χ2n) is 7.30. The summed E-state index contributed by atoms with van der Waals surface area (Å²) >= 11 is 9.46. The summed E-state index contributed by atoms with van der Waals surface area (Å²) in [6, 6.07) is 11.0. The van der Waals surface area contributed by atoms with E-state index >= 15 is 0 Å². The van der Waals surface area contributed by atoms with Crippen molar-refractivity contribution in [1.29, 1.82) is 0 Å². The first-order valence-corrected chi connectivity index (χ1v) is 13.1. The summed E-state index contributed by atoms with van der Waals surface area (Å²) in [6.07, 6.45) is 0.993. The molecule has 2 aromatic carbocycles. The van der Waals surface area contributed by atoms with Gasteiger partial charge in [0.1, 0.15) is 18.3 Å². The molecule has 0 saturated carbocycles. The highest BCUT2D eigenvalue weighted by molar-refractivity contribution is 9.10. The van der Waals surface area contributed by atoms with Gasteiger partial charge >= 0.3 is 0 Å². The van der Waals surface area contributed by atoms with Gasteiger partial charge in [0.25, 0.3) is 0 Å². The molecule has 0 aromatic heterocycles. The number of sulfonamides is 1. The molecule has 2 aromatic rings. The molecule has 0 radical (unpaired) electrons. The number of halogens is 2. The number of amides is 2. The van der Waals surface area contributed by atoms with E-state index in [-0.39, 0.29) is 28.9 Å². The van der Waals surface area contributed by atoms with Gasteiger partial charge in [-0.1, -0.05) is 39.7 Å². The second-order valence-corrected chi connectivity index (χ2v) is 10.6. The minimum absolute atomic E-state index is 0.120. The molecule has 33 heavy (non-hydrogen) atoms. The van der Waals surface area contributed by atoms with Crippen LogP contribution in [0.25, 0.3) is 0 Å². The Kier molecular flexibility index (Phi) is 9.57. The summed E-state index contributed by atoms with van der Waals surface area (Å²) in [5.41, 5.74) is 0.920. The molecule has 0 aliphatic heterocycles. The molecular weight excluding hydrogens is 534 g/mol. The third-order valence-corrected chi connectivity index (χ3v) is 6.76. The first-order valence-electron chi connectivity index (χ1n) is 10.1. The highest BCUT2D eigenvalue weighted by Crippen LogP contribution is 2.33. The van der Waals surface area contributed by atoms with Gasteiger partial charge in [0.05, 0.1) is 19.1 Å². The van der Waals surface area contributed by atoms with E-state index in [1.807, 2.05) is 24.3 Å². The molecule has 8 nitrogen and oxygen atoms in total. The third-order valence-electron chi connectivity index (χ3n) is 4.87. The first kappa shape index (κ1) is 26.9. The monoisotopic (exact) mass is 559 g/mol. The maximum Gasteiger partial charge on any atom is 0.244 e. The number of nitrogens with one attached hydrogen (secondary N) is 1. The van der Waals surface area contributed by atoms with Gasteiger partial charge in [-0.05, 0) is 49.7 Å². The number of anilines is 1. The van der Waals surface area contributed by atoms with Crippen molar-refractivity contribution in [1.82, 2.24) is 10.2 Å². The van der Waals surface area contributed by atoms with Gasteiger partial charge in [0, 0.05) is 22.6 Å². The zero-order chi connectivity index (χ0) is 24.8. The minimum atomic E-state index is -3.89. The number of benzene rings is 2. The highest BCUT2D eigenvalue weighted by atomic mass is 79.9. The van der Waals surface area contributed by atoms with E-state index in [9.17, 15) is 18.0 Å². The summed E-state index contributed by atoms with van der Waals surface area (Å²) in [5.74, 6) is -0.646. The zero-order valence-corrected chi connectivity index (χ0v) is 22.0. The number of hydrogen-bond donors (Lipinski definition) is 1. The third kappa shape index (κ3) is 7.35. The van der Waals surface area contributed by atoms with Crippen LogP contribution >= 0.6 is 27.5 Å². The minimum Gasteiger partial charge on any atom is -0.495 e. The van der Waals surface area contributed by atoms with E-state index in [0.29, 0.717) is 6.54 Å². The van der Waals surface area contributed by atoms with Crippen LogP contribution in [0.15, 0.2) is 46.9 Å². The van der Waals surface area contributed by atoms with Crippen LogP contribution in [0.2, 0.25) is 5.02 Å². The molecular formula is C22H27BrClN3O5S. The molecule has 0 spiro atoms. The van der Waals surface area contributed by atoms with Crippen molar-refractivity contribution in [3.8, 4) is 5.75 Å².